The lowest BCUT2D eigenvalue weighted by molar-refractivity contribution is 0.0755. The number of hydrogen-bond donors (Lipinski definition) is 1. The number of nitrogens with two attached hydrogens (primary N) is 1. The van der Waals surface area contributed by atoms with Gasteiger partial charge in [-0.3, -0.25) is 9.59 Å². The normalized spacial score (nSPS) is 10.3. The second-order valence-electron chi connectivity index (χ2n) is 4.63. The van der Waals surface area contributed by atoms with Crippen LogP contribution < -0.4 is 5.73 Å². The Labute approximate surface area is 114 Å². The molecule has 1 rings (SSSR count). The molecule has 1 aromatic rings. The van der Waals surface area contributed by atoms with Gasteiger partial charge in [0.25, 0.3) is 5.91 Å². The van der Waals surface area contributed by atoms with Crippen LogP contribution >= 0.6 is 0 Å². The van der Waals surface area contributed by atoms with Crippen molar-refractivity contribution in [2.45, 2.75) is 33.6 Å². The fourth-order valence-electron chi connectivity index (χ4n) is 2.16. The predicted octanol–water partition coefficient (Wildman–Crippen LogP) is 2.36. The van der Waals surface area contributed by atoms with E-state index in [4.69, 9.17) is 5.73 Å². The summed E-state index contributed by atoms with van der Waals surface area (Å²) in [4.78, 5) is 25.6. The average Bonchev–Trinajstić information content (AvgIpc) is 2.37. The molecule has 0 saturated heterocycles. The van der Waals surface area contributed by atoms with Crippen molar-refractivity contribution in [3.05, 3.63) is 34.9 Å². The van der Waals surface area contributed by atoms with Crippen LogP contribution in [0.25, 0.3) is 0 Å². The van der Waals surface area contributed by atoms with Crippen LogP contribution in [0.5, 0.6) is 0 Å². The highest BCUT2D eigenvalue weighted by atomic mass is 16.2. The Kier molecular flexibility index (Phi) is 5.55. The highest BCUT2D eigenvalue weighted by molar-refractivity contribution is 6.01. The fourth-order valence-corrected chi connectivity index (χ4v) is 2.16. The Morgan fingerprint density at radius 1 is 1.11 bits per heavy atom. The van der Waals surface area contributed by atoms with Gasteiger partial charge in [0.05, 0.1) is 0 Å². The number of hydrogen-bond acceptors (Lipinski definition) is 2. The standard InChI is InChI=1S/C15H22N2O2/c1-4-9-17(10-5-2)15(19)13-8-6-7-12(11(13)3)14(16)18/h6-8H,4-5,9-10H2,1-3H3,(H2,16,18). The number of benzene rings is 1. The number of amides is 2. The molecule has 0 aromatic heterocycles. The highest BCUT2D eigenvalue weighted by Gasteiger charge is 2.18. The van der Waals surface area contributed by atoms with Crippen molar-refractivity contribution in [1.29, 1.82) is 0 Å². The second kappa shape index (κ2) is 6.92. The van der Waals surface area contributed by atoms with Crippen LogP contribution in [0, 0.1) is 6.92 Å². The molecule has 2 N–H and O–H groups in total. The lowest BCUT2D eigenvalue weighted by Gasteiger charge is -2.22. The highest BCUT2D eigenvalue weighted by Crippen LogP contribution is 2.16. The molecule has 2 amide bonds. The molecule has 0 atom stereocenters. The van der Waals surface area contributed by atoms with Crippen molar-refractivity contribution in [3.8, 4) is 0 Å². The quantitative estimate of drug-likeness (QED) is 0.855. The average molecular weight is 262 g/mol. The van der Waals surface area contributed by atoms with E-state index in [-0.39, 0.29) is 5.91 Å². The lowest BCUT2D eigenvalue weighted by Crippen LogP contribution is -2.33. The largest absolute Gasteiger partial charge is 0.366 e. The maximum atomic E-state index is 12.5. The molecule has 0 radical (unpaired) electrons. The minimum atomic E-state index is -0.496. The molecule has 0 aliphatic rings. The van der Waals surface area contributed by atoms with Crippen LogP contribution in [0.4, 0.5) is 0 Å². The molecule has 19 heavy (non-hydrogen) atoms. The number of carbonyl (C=O) groups excluding carboxylic acids is 2. The van der Waals surface area contributed by atoms with Crippen LogP contribution in [-0.4, -0.2) is 29.8 Å². The van der Waals surface area contributed by atoms with Gasteiger partial charge in [-0.2, -0.15) is 0 Å². The molecule has 1 aromatic carbocycles. The van der Waals surface area contributed by atoms with Crippen molar-refractivity contribution in [1.82, 2.24) is 4.90 Å². The van der Waals surface area contributed by atoms with E-state index in [2.05, 4.69) is 0 Å². The summed E-state index contributed by atoms with van der Waals surface area (Å²) in [5.74, 6) is -0.519. The number of carbonyl (C=O) groups is 2. The van der Waals surface area contributed by atoms with Crippen LogP contribution in [0.15, 0.2) is 18.2 Å². The molecule has 0 spiro atoms. The summed E-state index contributed by atoms with van der Waals surface area (Å²) in [6, 6.07) is 5.11. The first-order valence-electron chi connectivity index (χ1n) is 6.71. The first-order valence-corrected chi connectivity index (χ1v) is 6.71. The summed E-state index contributed by atoms with van der Waals surface area (Å²) in [5.41, 5.74) is 6.96. The van der Waals surface area contributed by atoms with E-state index in [0.717, 1.165) is 25.9 Å². The van der Waals surface area contributed by atoms with Gasteiger partial charge in [0.15, 0.2) is 0 Å². The summed E-state index contributed by atoms with van der Waals surface area (Å²) >= 11 is 0. The van der Waals surface area contributed by atoms with Crippen molar-refractivity contribution in [2.24, 2.45) is 5.73 Å². The molecule has 4 nitrogen and oxygen atoms in total. The van der Waals surface area contributed by atoms with Gasteiger partial charge in [0, 0.05) is 24.2 Å². The zero-order chi connectivity index (χ0) is 14.4. The van der Waals surface area contributed by atoms with E-state index < -0.39 is 5.91 Å². The first-order chi connectivity index (χ1) is 9.02. The van der Waals surface area contributed by atoms with E-state index in [1.165, 1.54) is 0 Å². The minimum Gasteiger partial charge on any atom is -0.366 e. The topological polar surface area (TPSA) is 63.4 Å². The van der Waals surface area contributed by atoms with Crippen molar-refractivity contribution < 1.29 is 9.59 Å². The third kappa shape index (κ3) is 3.56. The van der Waals surface area contributed by atoms with E-state index >= 15 is 0 Å². The Balaban J connectivity index is 3.10. The fraction of sp³-hybridized carbons (Fsp3) is 0.467. The monoisotopic (exact) mass is 262 g/mol. The summed E-state index contributed by atoms with van der Waals surface area (Å²) < 4.78 is 0. The molecule has 0 heterocycles. The van der Waals surface area contributed by atoms with Crippen LogP contribution in [0.3, 0.4) is 0 Å². The predicted molar refractivity (Wildman–Crippen MR) is 76.2 cm³/mol. The van der Waals surface area contributed by atoms with Gasteiger partial charge in [-0.05, 0) is 37.5 Å². The summed E-state index contributed by atoms with van der Waals surface area (Å²) in [6.45, 7) is 7.31. The number of nitrogens with zero attached hydrogens (tertiary/aromatic N) is 1. The van der Waals surface area contributed by atoms with Gasteiger partial charge in [-0.15, -0.1) is 0 Å². The molecular formula is C15H22N2O2. The molecule has 0 aliphatic carbocycles. The molecule has 4 heteroatoms. The number of primary amides is 1. The van der Waals surface area contributed by atoms with Gasteiger partial charge in [-0.1, -0.05) is 19.9 Å². The van der Waals surface area contributed by atoms with Crippen LogP contribution in [0.2, 0.25) is 0 Å². The van der Waals surface area contributed by atoms with E-state index in [0.29, 0.717) is 16.7 Å². The van der Waals surface area contributed by atoms with E-state index in [1.807, 2.05) is 18.7 Å². The Bertz CT molecular complexity index is 463. The van der Waals surface area contributed by atoms with Crippen molar-refractivity contribution >= 4 is 11.8 Å². The third-order valence-corrected chi connectivity index (χ3v) is 3.10. The van der Waals surface area contributed by atoms with E-state index in [1.54, 1.807) is 25.1 Å². The van der Waals surface area contributed by atoms with Crippen molar-refractivity contribution in [3.63, 3.8) is 0 Å². The van der Waals surface area contributed by atoms with Gasteiger partial charge < -0.3 is 10.6 Å². The van der Waals surface area contributed by atoms with Gasteiger partial charge >= 0.3 is 0 Å². The SMILES string of the molecule is CCCN(CCC)C(=O)c1cccc(C(N)=O)c1C. The Morgan fingerprint density at radius 3 is 2.11 bits per heavy atom. The zero-order valence-electron chi connectivity index (χ0n) is 11.9. The lowest BCUT2D eigenvalue weighted by atomic mass is 10.0. The van der Waals surface area contributed by atoms with Gasteiger partial charge in [0.1, 0.15) is 0 Å². The molecule has 0 aliphatic heterocycles. The van der Waals surface area contributed by atoms with E-state index in [9.17, 15) is 9.59 Å². The third-order valence-electron chi connectivity index (χ3n) is 3.10. The van der Waals surface area contributed by atoms with Crippen LogP contribution in [-0.2, 0) is 0 Å². The maximum absolute atomic E-state index is 12.5. The summed E-state index contributed by atoms with van der Waals surface area (Å²) in [5, 5.41) is 0. The van der Waals surface area contributed by atoms with Crippen molar-refractivity contribution in [2.75, 3.05) is 13.1 Å². The smallest absolute Gasteiger partial charge is 0.254 e. The van der Waals surface area contributed by atoms with Crippen LogP contribution in [0.1, 0.15) is 53.0 Å². The first kappa shape index (κ1) is 15.2. The molecule has 0 unspecified atom stereocenters. The number of rotatable bonds is 6. The molecule has 104 valence electrons. The molecular weight excluding hydrogens is 240 g/mol. The van der Waals surface area contributed by atoms with Gasteiger partial charge in [-0.25, -0.2) is 0 Å². The molecule has 0 bridgehead atoms. The molecule has 0 saturated carbocycles. The molecule has 0 fully saturated rings. The second-order valence-corrected chi connectivity index (χ2v) is 4.63. The Hall–Kier alpha value is -1.84. The Morgan fingerprint density at radius 2 is 1.63 bits per heavy atom. The summed E-state index contributed by atoms with van der Waals surface area (Å²) in [6.07, 6.45) is 1.83. The van der Waals surface area contributed by atoms with Gasteiger partial charge in [0.2, 0.25) is 5.91 Å². The zero-order valence-corrected chi connectivity index (χ0v) is 11.9. The summed E-state index contributed by atoms with van der Waals surface area (Å²) in [7, 11) is 0. The minimum absolute atomic E-state index is 0.0238. The maximum Gasteiger partial charge on any atom is 0.254 e.